The molecule has 0 spiro atoms. The topological polar surface area (TPSA) is 41.1 Å². The first-order chi connectivity index (χ1) is 10.2. The van der Waals surface area contributed by atoms with Crippen LogP contribution in [0.15, 0.2) is 43.0 Å². The minimum atomic E-state index is -0.275. The van der Waals surface area contributed by atoms with Crippen molar-refractivity contribution in [1.82, 2.24) is 5.32 Å². The van der Waals surface area contributed by atoms with Crippen molar-refractivity contribution in [2.24, 2.45) is 0 Å². The third kappa shape index (κ3) is 2.51. The van der Waals surface area contributed by atoms with E-state index in [0.717, 1.165) is 18.5 Å². The minimum absolute atomic E-state index is 0.0156. The first-order valence-electron chi connectivity index (χ1n) is 7.39. The van der Waals surface area contributed by atoms with Crippen molar-refractivity contribution in [3.8, 4) is 0 Å². The standard InChI is InChI=1S/C18H20N2O/c1-3-11-19-18(21)12(2)20-16-10-9-14-8-7-13-5-4-6-15(16)17(13)14/h3-6,9-10,12,20H,1,7-8,11H2,2H3,(H,19,21)/t12-/m0/s1. The van der Waals surface area contributed by atoms with E-state index < -0.39 is 0 Å². The second-order valence-corrected chi connectivity index (χ2v) is 5.51. The molecule has 0 fully saturated rings. The molecule has 0 heterocycles. The smallest absolute Gasteiger partial charge is 0.242 e. The number of rotatable bonds is 5. The average molecular weight is 280 g/mol. The van der Waals surface area contributed by atoms with Crippen LogP contribution in [0.25, 0.3) is 10.8 Å². The highest BCUT2D eigenvalue weighted by Gasteiger charge is 2.18. The van der Waals surface area contributed by atoms with Crippen LogP contribution in [0, 0.1) is 0 Å². The zero-order valence-corrected chi connectivity index (χ0v) is 12.3. The summed E-state index contributed by atoms with van der Waals surface area (Å²) in [6, 6.07) is 10.4. The Labute approximate surface area is 125 Å². The van der Waals surface area contributed by atoms with E-state index in [0.29, 0.717) is 6.54 Å². The van der Waals surface area contributed by atoms with Crippen LogP contribution in [0.2, 0.25) is 0 Å². The molecule has 21 heavy (non-hydrogen) atoms. The van der Waals surface area contributed by atoms with E-state index in [1.54, 1.807) is 6.08 Å². The van der Waals surface area contributed by atoms with E-state index in [2.05, 4.69) is 47.5 Å². The Morgan fingerprint density at radius 3 is 2.81 bits per heavy atom. The minimum Gasteiger partial charge on any atom is -0.373 e. The summed E-state index contributed by atoms with van der Waals surface area (Å²) in [4.78, 5) is 12.0. The van der Waals surface area contributed by atoms with Gasteiger partial charge >= 0.3 is 0 Å². The van der Waals surface area contributed by atoms with Crippen LogP contribution >= 0.6 is 0 Å². The molecule has 108 valence electrons. The fourth-order valence-corrected chi connectivity index (χ4v) is 3.00. The van der Waals surface area contributed by atoms with Gasteiger partial charge in [0.1, 0.15) is 6.04 Å². The highest BCUT2D eigenvalue weighted by molar-refractivity contribution is 6.00. The number of carbonyl (C=O) groups is 1. The number of amides is 1. The van der Waals surface area contributed by atoms with E-state index in [4.69, 9.17) is 0 Å². The molecule has 0 bridgehead atoms. The Bertz CT molecular complexity index is 695. The summed E-state index contributed by atoms with van der Waals surface area (Å²) in [7, 11) is 0. The molecule has 1 aliphatic carbocycles. The van der Waals surface area contributed by atoms with E-state index in [1.807, 2.05) is 6.92 Å². The lowest BCUT2D eigenvalue weighted by molar-refractivity contribution is -0.121. The maximum Gasteiger partial charge on any atom is 0.242 e. The molecule has 0 radical (unpaired) electrons. The third-order valence-electron chi connectivity index (χ3n) is 4.06. The van der Waals surface area contributed by atoms with Crippen LogP contribution in [-0.4, -0.2) is 18.5 Å². The molecule has 0 saturated carbocycles. The zero-order chi connectivity index (χ0) is 14.8. The van der Waals surface area contributed by atoms with Gasteiger partial charge in [-0.2, -0.15) is 0 Å². The highest BCUT2D eigenvalue weighted by atomic mass is 16.2. The molecule has 2 aromatic carbocycles. The Morgan fingerprint density at radius 1 is 1.29 bits per heavy atom. The molecule has 0 aromatic heterocycles. The van der Waals surface area contributed by atoms with Gasteiger partial charge in [0.2, 0.25) is 5.91 Å². The number of aryl methyl sites for hydroxylation is 2. The van der Waals surface area contributed by atoms with Crippen LogP contribution in [0.1, 0.15) is 18.1 Å². The SMILES string of the molecule is C=CCNC(=O)[C@H](C)Nc1ccc2c3c(cccc13)CC2. The van der Waals surface area contributed by atoms with Crippen molar-refractivity contribution in [2.75, 3.05) is 11.9 Å². The maximum atomic E-state index is 12.0. The lowest BCUT2D eigenvalue weighted by Gasteiger charge is -2.17. The molecular formula is C18H20N2O. The van der Waals surface area contributed by atoms with Gasteiger partial charge in [-0.25, -0.2) is 0 Å². The fourth-order valence-electron chi connectivity index (χ4n) is 3.00. The summed E-state index contributed by atoms with van der Waals surface area (Å²) in [5.41, 5.74) is 3.85. The van der Waals surface area contributed by atoms with Gasteiger partial charge in [-0.1, -0.05) is 30.3 Å². The second-order valence-electron chi connectivity index (χ2n) is 5.51. The quantitative estimate of drug-likeness (QED) is 0.827. The van der Waals surface area contributed by atoms with Crippen molar-refractivity contribution in [3.63, 3.8) is 0 Å². The summed E-state index contributed by atoms with van der Waals surface area (Å²) in [6.07, 6.45) is 3.92. The van der Waals surface area contributed by atoms with Crippen LogP contribution in [0.3, 0.4) is 0 Å². The zero-order valence-electron chi connectivity index (χ0n) is 12.3. The fraction of sp³-hybridized carbons (Fsp3) is 0.278. The van der Waals surface area contributed by atoms with E-state index in [9.17, 15) is 4.79 Å². The van der Waals surface area contributed by atoms with Gasteiger partial charge in [-0.05, 0) is 42.3 Å². The van der Waals surface area contributed by atoms with Gasteiger partial charge in [-0.15, -0.1) is 6.58 Å². The maximum absolute atomic E-state index is 12.0. The summed E-state index contributed by atoms with van der Waals surface area (Å²) >= 11 is 0. The van der Waals surface area contributed by atoms with Gasteiger partial charge < -0.3 is 10.6 Å². The predicted molar refractivity (Wildman–Crippen MR) is 87.6 cm³/mol. The molecule has 1 atom stereocenters. The van der Waals surface area contributed by atoms with E-state index in [1.165, 1.54) is 21.9 Å². The molecule has 0 unspecified atom stereocenters. The Balaban J connectivity index is 1.88. The highest BCUT2D eigenvalue weighted by Crippen LogP contribution is 2.35. The first-order valence-corrected chi connectivity index (χ1v) is 7.39. The van der Waals surface area contributed by atoms with Crippen molar-refractivity contribution >= 4 is 22.4 Å². The van der Waals surface area contributed by atoms with Crippen LogP contribution < -0.4 is 10.6 Å². The molecule has 1 amide bonds. The molecule has 3 heteroatoms. The van der Waals surface area contributed by atoms with Gasteiger partial charge in [0.25, 0.3) is 0 Å². The molecule has 0 saturated heterocycles. The monoisotopic (exact) mass is 280 g/mol. The Kier molecular flexibility index (Phi) is 3.65. The summed E-state index contributed by atoms with van der Waals surface area (Å²) in [5.74, 6) is -0.0156. The molecule has 2 aromatic rings. The number of benzene rings is 2. The predicted octanol–water partition coefficient (Wildman–Crippen LogP) is 3.04. The van der Waals surface area contributed by atoms with Gasteiger partial charge in [-0.3, -0.25) is 4.79 Å². The van der Waals surface area contributed by atoms with Crippen LogP contribution in [-0.2, 0) is 17.6 Å². The number of carbonyl (C=O) groups excluding carboxylic acids is 1. The Morgan fingerprint density at radius 2 is 2.05 bits per heavy atom. The van der Waals surface area contributed by atoms with Gasteiger partial charge in [0.15, 0.2) is 0 Å². The summed E-state index contributed by atoms with van der Waals surface area (Å²) in [6.45, 7) is 5.98. The van der Waals surface area contributed by atoms with E-state index >= 15 is 0 Å². The third-order valence-corrected chi connectivity index (χ3v) is 4.06. The van der Waals surface area contributed by atoms with Crippen LogP contribution in [0.4, 0.5) is 5.69 Å². The molecule has 1 aliphatic rings. The first kappa shape index (κ1) is 13.7. The van der Waals surface area contributed by atoms with Crippen molar-refractivity contribution in [3.05, 3.63) is 54.1 Å². The molecule has 2 N–H and O–H groups in total. The molecule has 3 rings (SSSR count). The van der Waals surface area contributed by atoms with Gasteiger partial charge in [0, 0.05) is 17.6 Å². The van der Waals surface area contributed by atoms with Crippen LogP contribution in [0.5, 0.6) is 0 Å². The molecule has 3 nitrogen and oxygen atoms in total. The number of hydrogen-bond donors (Lipinski definition) is 2. The van der Waals surface area contributed by atoms with Crippen molar-refractivity contribution < 1.29 is 4.79 Å². The normalized spacial score (nSPS) is 14.0. The Hall–Kier alpha value is -2.29. The van der Waals surface area contributed by atoms with Crippen molar-refractivity contribution in [1.29, 1.82) is 0 Å². The lowest BCUT2D eigenvalue weighted by Crippen LogP contribution is -2.37. The van der Waals surface area contributed by atoms with Gasteiger partial charge in [0.05, 0.1) is 0 Å². The largest absolute Gasteiger partial charge is 0.373 e. The lowest BCUT2D eigenvalue weighted by atomic mass is 10.0. The number of hydrogen-bond acceptors (Lipinski definition) is 2. The number of nitrogens with one attached hydrogen (secondary N) is 2. The average Bonchev–Trinajstić information content (AvgIpc) is 2.92. The summed E-state index contributed by atoms with van der Waals surface area (Å²) in [5, 5.41) is 8.72. The van der Waals surface area contributed by atoms with E-state index in [-0.39, 0.29) is 11.9 Å². The number of anilines is 1. The molecule has 0 aliphatic heterocycles. The molecular weight excluding hydrogens is 260 g/mol. The van der Waals surface area contributed by atoms with Crippen molar-refractivity contribution in [2.45, 2.75) is 25.8 Å². The second kappa shape index (κ2) is 5.60. The summed E-state index contributed by atoms with van der Waals surface area (Å²) < 4.78 is 0.